The smallest absolute Gasteiger partial charge is 0.246 e. The maximum atomic E-state index is 13.5. The number of rotatable bonds is 4. The SMILES string of the molecule is CC(C)(C)S(=O)NC(c1ccc(F)c(Cl)c1)c1cccc(C(F)(F)F)n1. The van der Waals surface area contributed by atoms with Gasteiger partial charge >= 0.3 is 6.18 Å². The number of pyridine rings is 1. The zero-order valence-corrected chi connectivity index (χ0v) is 15.8. The Balaban J connectivity index is 2.53. The van der Waals surface area contributed by atoms with Gasteiger partial charge in [-0.1, -0.05) is 23.7 Å². The number of benzene rings is 1. The molecule has 0 radical (unpaired) electrons. The topological polar surface area (TPSA) is 42.0 Å². The number of nitrogens with zero attached hydrogens (tertiary/aromatic N) is 1. The second kappa shape index (κ2) is 7.62. The Morgan fingerprint density at radius 1 is 1.15 bits per heavy atom. The van der Waals surface area contributed by atoms with Crippen molar-refractivity contribution in [2.75, 3.05) is 0 Å². The normalized spacial score (nSPS) is 14.9. The van der Waals surface area contributed by atoms with Crippen molar-refractivity contribution in [2.45, 2.75) is 37.7 Å². The zero-order valence-electron chi connectivity index (χ0n) is 14.2. The van der Waals surface area contributed by atoms with Crippen molar-refractivity contribution < 1.29 is 21.8 Å². The third-order valence-electron chi connectivity index (χ3n) is 3.41. The molecule has 1 N–H and O–H groups in total. The number of halogens is 5. The number of hydrogen-bond acceptors (Lipinski definition) is 2. The van der Waals surface area contributed by atoms with Crippen molar-refractivity contribution >= 4 is 22.6 Å². The average Bonchev–Trinajstić information content (AvgIpc) is 2.53. The summed E-state index contributed by atoms with van der Waals surface area (Å²) in [7, 11) is -1.62. The zero-order chi connectivity index (χ0) is 19.7. The van der Waals surface area contributed by atoms with Crippen molar-refractivity contribution in [1.82, 2.24) is 9.71 Å². The third kappa shape index (κ3) is 5.02. The summed E-state index contributed by atoms with van der Waals surface area (Å²) in [6, 6.07) is 6.21. The average molecular weight is 409 g/mol. The van der Waals surface area contributed by atoms with E-state index in [4.69, 9.17) is 11.6 Å². The highest BCUT2D eigenvalue weighted by molar-refractivity contribution is 7.84. The van der Waals surface area contributed by atoms with Gasteiger partial charge in [0.25, 0.3) is 0 Å². The van der Waals surface area contributed by atoms with Crippen LogP contribution in [0.15, 0.2) is 36.4 Å². The Labute approximate surface area is 156 Å². The van der Waals surface area contributed by atoms with Gasteiger partial charge in [0, 0.05) is 0 Å². The van der Waals surface area contributed by atoms with Gasteiger partial charge in [0.1, 0.15) is 11.5 Å². The summed E-state index contributed by atoms with van der Waals surface area (Å²) in [5.74, 6) is -0.664. The molecule has 0 saturated carbocycles. The standard InChI is InChI=1S/C17H17ClF4N2OS/c1-16(2,3)26(25)24-15(10-7-8-12(19)11(18)9-10)13-5-4-6-14(23-13)17(20,21)22/h4-9,15,24H,1-3H3. The van der Waals surface area contributed by atoms with Crippen molar-refractivity contribution in [3.05, 3.63) is 64.2 Å². The summed E-state index contributed by atoms with van der Waals surface area (Å²) in [6.45, 7) is 5.14. The predicted octanol–water partition coefficient (Wildman–Crippen LogP) is 5.03. The fourth-order valence-electron chi connectivity index (χ4n) is 2.05. The molecule has 0 spiro atoms. The van der Waals surface area contributed by atoms with E-state index in [1.807, 2.05) is 0 Å². The number of aromatic nitrogens is 1. The molecule has 1 heterocycles. The van der Waals surface area contributed by atoms with Crippen LogP contribution in [0, 0.1) is 5.82 Å². The summed E-state index contributed by atoms with van der Waals surface area (Å²) in [4.78, 5) is 3.65. The molecule has 1 aromatic carbocycles. The Kier molecular flexibility index (Phi) is 6.09. The van der Waals surface area contributed by atoms with Gasteiger partial charge in [-0.15, -0.1) is 0 Å². The maximum absolute atomic E-state index is 13.5. The highest BCUT2D eigenvalue weighted by Crippen LogP contribution is 2.31. The van der Waals surface area contributed by atoms with E-state index in [1.165, 1.54) is 24.3 Å². The van der Waals surface area contributed by atoms with Crippen LogP contribution in [-0.4, -0.2) is 13.9 Å². The van der Waals surface area contributed by atoms with E-state index in [0.29, 0.717) is 5.56 Å². The van der Waals surface area contributed by atoms with Crippen LogP contribution in [0.1, 0.15) is 43.8 Å². The first kappa shape index (κ1) is 20.8. The molecular formula is C17H17ClF4N2OS. The van der Waals surface area contributed by atoms with Crippen LogP contribution in [0.4, 0.5) is 17.6 Å². The van der Waals surface area contributed by atoms with E-state index in [-0.39, 0.29) is 10.7 Å². The first-order valence-corrected chi connectivity index (χ1v) is 9.09. The van der Waals surface area contributed by atoms with Gasteiger partial charge in [-0.25, -0.2) is 18.3 Å². The first-order chi connectivity index (χ1) is 11.9. The van der Waals surface area contributed by atoms with Crippen molar-refractivity contribution in [1.29, 1.82) is 0 Å². The monoisotopic (exact) mass is 408 g/mol. The lowest BCUT2D eigenvalue weighted by atomic mass is 10.0. The van der Waals surface area contributed by atoms with Crippen molar-refractivity contribution in [2.24, 2.45) is 0 Å². The van der Waals surface area contributed by atoms with E-state index in [0.717, 1.165) is 12.1 Å². The number of hydrogen-bond donors (Lipinski definition) is 1. The molecule has 9 heteroatoms. The van der Waals surface area contributed by atoms with Crippen LogP contribution in [-0.2, 0) is 17.2 Å². The largest absolute Gasteiger partial charge is 0.433 e. The second-order valence-corrected chi connectivity index (χ2v) is 8.96. The summed E-state index contributed by atoms with van der Waals surface area (Å²) >= 11 is 5.80. The van der Waals surface area contributed by atoms with E-state index in [1.54, 1.807) is 20.8 Å². The first-order valence-electron chi connectivity index (χ1n) is 7.57. The molecule has 1 aromatic heterocycles. The lowest BCUT2D eigenvalue weighted by Gasteiger charge is -2.25. The quantitative estimate of drug-likeness (QED) is 0.720. The van der Waals surface area contributed by atoms with Crippen LogP contribution in [0.5, 0.6) is 0 Å². The van der Waals surface area contributed by atoms with Gasteiger partial charge < -0.3 is 0 Å². The Bertz CT molecular complexity index is 821. The van der Waals surface area contributed by atoms with Gasteiger partial charge in [0.05, 0.1) is 32.5 Å². The molecule has 0 fully saturated rings. The summed E-state index contributed by atoms with van der Waals surface area (Å²) in [6.07, 6.45) is -4.62. The van der Waals surface area contributed by atoms with E-state index < -0.39 is 39.5 Å². The molecule has 2 rings (SSSR count). The molecule has 0 amide bonds. The van der Waals surface area contributed by atoms with Crippen LogP contribution in [0.3, 0.4) is 0 Å². The molecule has 2 atom stereocenters. The van der Waals surface area contributed by atoms with Crippen molar-refractivity contribution in [3.63, 3.8) is 0 Å². The number of nitrogens with one attached hydrogen (secondary N) is 1. The fourth-order valence-corrected chi connectivity index (χ4v) is 3.06. The van der Waals surface area contributed by atoms with Gasteiger partial charge in [0.2, 0.25) is 0 Å². The molecule has 0 bridgehead atoms. The second-order valence-electron chi connectivity index (χ2n) is 6.55. The molecule has 142 valence electrons. The van der Waals surface area contributed by atoms with E-state index in [9.17, 15) is 21.8 Å². The summed E-state index contributed by atoms with van der Waals surface area (Å²) in [5, 5.41) is -0.192. The minimum absolute atomic E-state index is 0.0000924. The van der Waals surface area contributed by atoms with Crippen LogP contribution in [0.25, 0.3) is 0 Å². The minimum atomic E-state index is -4.62. The molecule has 0 aliphatic carbocycles. The van der Waals surface area contributed by atoms with Gasteiger partial charge in [0.15, 0.2) is 0 Å². The molecule has 2 unspecified atom stereocenters. The van der Waals surface area contributed by atoms with Gasteiger partial charge in [-0.3, -0.25) is 0 Å². The highest BCUT2D eigenvalue weighted by Gasteiger charge is 2.34. The fraction of sp³-hybridized carbons (Fsp3) is 0.353. The Morgan fingerprint density at radius 2 is 1.81 bits per heavy atom. The molecule has 0 saturated heterocycles. The van der Waals surface area contributed by atoms with E-state index in [2.05, 4.69) is 9.71 Å². The lowest BCUT2D eigenvalue weighted by molar-refractivity contribution is -0.141. The molecule has 0 aliphatic heterocycles. The Morgan fingerprint density at radius 3 is 2.35 bits per heavy atom. The van der Waals surface area contributed by atoms with Crippen molar-refractivity contribution in [3.8, 4) is 0 Å². The predicted molar refractivity (Wildman–Crippen MR) is 93.5 cm³/mol. The molecular weight excluding hydrogens is 392 g/mol. The lowest BCUT2D eigenvalue weighted by Crippen LogP contribution is -2.36. The van der Waals surface area contributed by atoms with Crippen LogP contribution < -0.4 is 4.72 Å². The Hall–Kier alpha value is -1.51. The minimum Gasteiger partial charge on any atom is -0.246 e. The molecule has 3 nitrogen and oxygen atoms in total. The van der Waals surface area contributed by atoms with Gasteiger partial charge in [-0.2, -0.15) is 13.2 Å². The van der Waals surface area contributed by atoms with Crippen LogP contribution >= 0.6 is 11.6 Å². The summed E-state index contributed by atoms with van der Waals surface area (Å²) in [5.41, 5.74) is -0.725. The van der Waals surface area contributed by atoms with Crippen LogP contribution in [0.2, 0.25) is 5.02 Å². The summed E-state index contributed by atoms with van der Waals surface area (Å²) < 4.78 is 67.0. The van der Waals surface area contributed by atoms with Gasteiger partial charge in [-0.05, 0) is 50.6 Å². The third-order valence-corrected chi connectivity index (χ3v) is 5.27. The molecule has 0 aliphatic rings. The maximum Gasteiger partial charge on any atom is 0.433 e. The molecule has 26 heavy (non-hydrogen) atoms. The highest BCUT2D eigenvalue weighted by atomic mass is 35.5. The number of alkyl halides is 3. The van der Waals surface area contributed by atoms with E-state index >= 15 is 0 Å². The molecule has 2 aromatic rings.